The van der Waals surface area contributed by atoms with E-state index in [0.717, 1.165) is 18.8 Å². The first-order chi connectivity index (χ1) is 7.86. The summed E-state index contributed by atoms with van der Waals surface area (Å²) in [6.45, 7) is 4.79. The molecule has 0 aromatic carbocycles. The third kappa shape index (κ3) is 5.16. The van der Waals surface area contributed by atoms with Crippen molar-refractivity contribution in [3.63, 3.8) is 0 Å². The van der Waals surface area contributed by atoms with E-state index in [0.29, 0.717) is 6.61 Å². The van der Waals surface area contributed by atoms with Crippen molar-refractivity contribution in [3.05, 3.63) is 12.4 Å². The number of rotatable bonds is 9. The molecule has 1 N–H and O–H groups in total. The number of nitrogens with zero attached hydrogens (tertiary/aromatic N) is 2. The van der Waals surface area contributed by atoms with Crippen LogP contribution in [0.15, 0.2) is 12.4 Å². The molecule has 0 spiro atoms. The molecule has 1 rings (SSSR count). The lowest BCUT2D eigenvalue weighted by Gasteiger charge is -2.02. The van der Waals surface area contributed by atoms with Gasteiger partial charge in [-0.1, -0.05) is 26.2 Å². The maximum Gasteiger partial charge on any atom is 0.0726 e. The summed E-state index contributed by atoms with van der Waals surface area (Å²) in [7, 11) is 1.70. The number of anilines is 1. The summed E-state index contributed by atoms with van der Waals surface area (Å²) in [5, 5.41) is 7.62. The van der Waals surface area contributed by atoms with Crippen LogP contribution in [0, 0.1) is 0 Å². The Morgan fingerprint density at radius 2 is 2.25 bits per heavy atom. The third-order valence-corrected chi connectivity index (χ3v) is 2.52. The van der Waals surface area contributed by atoms with E-state index in [4.69, 9.17) is 4.74 Å². The number of hydrogen-bond acceptors (Lipinski definition) is 3. The first-order valence-corrected chi connectivity index (χ1v) is 6.12. The van der Waals surface area contributed by atoms with Gasteiger partial charge < -0.3 is 10.1 Å². The number of hydrogen-bond donors (Lipinski definition) is 1. The first-order valence-electron chi connectivity index (χ1n) is 6.12. The van der Waals surface area contributed by atoms with Crippen molar-refractivity contribution in [3.8, 4) is 0 Å². The van der Waals surface area contributed by atoms with Gasteiger partial charge in [0.1, 0.15) is 0 Å². The van der Waals surface area contributed by atoms with Gasteiger partial charge in [-0.2, -0.15) is 5.10 Å². The van der Waals surface area contributed by atoms with Crippen LogP contribution in [-0.2, 0) is 11.3 Å². The SMILES string of the molecule is CCCCCCNc1cnn(CCOC)c1. The third-order valence-electron chi connectivity index (χ3n) is 2.52. The van der Waals surface area contributed by atoms with E-state index in [2.05, 4.69) is 17.3 Å². The van der Waals surface area contributed by atoms with Gasteiger partial charge in [-0.25, -0.2) is 0 Å². The Labute approximate surface area is 98.0 Å². The van der Waals surface area contributed by atoms with Gasteiger partial charge in [-0.3, -0.25) is 4.68 Å². The van der Waals surface area contributed by atoms with E-state index >= 15 is 0 Å². The van der Waals surface area contributed by atoms with Gasteiger partial charge in [-0.15, -0.1) is 0 Å². The zero-order chi connectivity index (χ0) is 11.6. The maximum absolute atomic E-state index is 5.00. The fraction of sp³-hybridized carbons (Fsp3) is 0.750. The molecule has 1 aromatic heterocycles. The van der Waals surface area contributed by atoms with Crippen LogP contribution in [0.5, 0.6) is 0 Å². The smallest absolute Gasteiger partial charge is 0.0726 e. The van der Waals surface area contributed by atoms with Gasteiger partial charge in [0, 0.05) is 19.9 Å². The molecule has 0 unspecified atom stereocenters. The van der Waals surface area contributed by atoms with E-state index in [-0.39, 0.29) is 0 Å². The fourth-order valence-electron chi connectivity index (χ4n) is 1.55. The minimum absolute atomic E-state index is 0.706. The van der Waals surface area contributed by atoms with Gasteiger partial charge in [0.15, 0.2) is 0 Å². The van der Waals surface area contributed by atoms with Crippen LogP contribution < -0.4 is 5.32 Å². The van der Waals surface area contributed by atoms with Crippen LogP contribution in [0.2, 0.25) is 0 Å². The van der Waals surface area contributed by atoms with E-state index in [1.54, 1.807) is 7.11 Å². The van der Waals surface area contributed by atoms with E-state index < -0.39 is 0 Å². The zero-order valence-electron chi connectivity index (χ0n) is 10.4. The highest BCUT2D eigenvalue weighted by Crippen LogP contribution is 2.06. The molecule has 0 atom stereocenters. The topological polar surface area (TPSA) is 39.1 Å². The minimum Gasteiger partial charge on any atom is -0.383 e. The Bertz CT molecular complexity index is 273. The highest BCUT2D eigenvalue weighted by Gasteiger charge is 1.97. The molecular formula is C12H23N3O. The summed E-state index contributed by atoms with van der Waals surface area (Å²) < 4.78 is 6.90. The van der Waals surface area contributed by atoms with Gasteiger partial charge in [0.25, 0.3) is 0 Å². The number of nitrogens with one attached hydrogen (secondary N) is 1. The molecule has 0 bridgehead atoms. The van der Waals surface area contributed by atoms with Crippen LogP contribution in [0.3, 0.4) is 0 Å². The average Bonchev–Trinajstić information content (AvgIpc) is 2.74. The van der Waals surface area contributed by atoms with Crippen LogP contribution >= 0.6 is 0 Å². The van der Waals surface area contributed by atoms with Gasteiger partial charge in [0.2, 0.25) is 0 Å². The molecule has 16 heavy (non-hydrogen) atoms. The second-order valence-electron chi connectivity index (χ2n) is 3.97. The quantitative estimate of drug-likeness (QED) is 0.656. The minimum atomic E-state index is 0.706. The van der Waals surface area contributed by atoms with Crippen molar-refractivity contribution in [2.75, 3.05) is 25.6 Å². The molecule has 1 heterocycles. The standard InChI is InChI=1S/C12H23N3O/c1-3-4-5-6-7-13-12-10-14-15(11-12)8-9-16-2/h10-11,13H,3-9H2,1-2H3. The lowest BCUT2D eigenvalue weighted by Crippen LogP contribution is -2.04. The summed E-state index contributed by atoms with van der Waals surface area (Å²) in [5.74, 6) is 0. The average molecular weight is 225 g/mol. The lowest BCUT2D eigenvalue weighted by molar-refractivity contribution is 0.183. The molecule has 0 saturated carbocycles. The molecule has 1 aromatic rings. The summed E-state index contributed by atoms with van der Waals surface area (Å²) in [5.41, 5.74) is 1.10. The fourth-order valence-corrected chi connectivity index (χ4v) is 1.55. The zero-order valence-corrected chi connectivity index (χ0v) is 10.4. The second-order valence-corrected chi connectivity index (χ2v) is 3.97. The molecule has 0 radical (unpaired) electrons. The summed E-state index contributed by atoms with van der Waals surface area (Å²) >= 11 is 0. The monoisotopic (exact) mass is 225 g/mol. The number of methoxy groups -OCH3 is 1. The normalized spacial score (nSPS) is 10.6. The van der Waals surface area contributed by atoms with E-state index in [9.17, 15) is 0 Å². The molecule has 0 aliphatic heterocycles. The molecule has 0 aliphatic rings. The van der Waals surface area contributed by atoms with Gasteiger partial charge >= 0.3 is 0 Å². The summed E-state index contributed by atoms with van der Waals surface area (Å²) in [6, 6.07) is 0. The molecule has 0 amide bonds. The Kier molecular flexibility index (Phi) is 6.65. The molecule has 92 valence electrons. The predicted molar refractivity (Wildman–Crippen MR) is 66.7 cm³/mol. The molecule has 0 fully saturated rings. The molecule has 4 nitrogen and oxygen atoms in total. The van der Waals surface area contributed by atoms with Crippen molar-refractivity contribution < 1.29 is 4.74 Å². The highest BCUT2D eigenvalue weighted by atomic mass is 16.5. The second kappa shape index (κ2) is 8.16. The Balaban J connectivity index is 2.14. The van der Waals surface area contributed by atoms with Crippen LogP contribution in [0.4, 0.5) is 5.69 Å². The van der Waals surface area contributed by atoms with Crippen LogP contribution in [0.1, 0.15) is 32.6 Å². The van der Waals surface area contributed by atoms with Crippen molar-refractivity contribution in [2.45, 2.75) is 39.2 Å². The Morgan fingerprint density at radius 1 is 1.38 bits per heavy atom. The number of unbranched alkanes of at least 4 members (excludes halogenated alkanes) is 3. The molecule has 0 aliphatic carbocycles. The predicted octanol–water partition coefficient (Wildman–Crippen LogP) is 2.52. The Hall–Kier alpha value is -1.03. The lowest BCUT2D eigenvalue weighted by atomic mass is 10.2. The van der Waals surface area contributed by atoms with Crippen molar-refractivity contribution in [1.82, 2.24) is 9.78 Å². The highest BCUT2D eigenvalue weighted by molar-refractivity contribution is 5.37. The maximum atomic E-state index is 5.00. The summed E-state index contributed by atoms with van der Waals surface area (Å²) in [4.78, 5) is 0. The molecule has 4 heteroatoms. The van der Waals surface area contributed by atoms with Gasteiger partial charge in [-0.05, 0) is 6.42 Å². The van der Waals surface area contributed by atoms with Crippen LogP contribution in [-0.4, -0.2) is 30.0 Å². The number of ether oxygens (including phenoxy) is 1. The van der Waals surface area contributed by atoms with Crippen molar-refractivity contribution in [2.24, 2.45) is 0 Å². The van der Waals surface area contributed by atoms with Gasteiger partial charge in [0.05, 0.1) is 25.0 Å². The summed E-state index contributed by atoms with van der Waals surface area (Å²) in [6.07, 6.45) is 9.05. The molecule has 0 saturated heterocycles. The van der Waals surface area contributed by atoms with Crippen LogP contribution in [0.25, 0.3) is 0 Å². The first kappa shape index (κ1) is 13.0. The number of aromatic nitrogens is 2. The van der Waals surface area contributed by atoms with E-state index in [1.165, 1.54) is 25.7 Å². The Morgan fingerprint density at radius 3 is 3.00 bits per heavy atom. The van der Waals surface area contributed by atoms with E-state index in [1.807, 2.05) is 17.1 Å². The largest absolute Gasteiger partial charge is 0.383 e. The van der Waals surface area contributed by atoms with Crippen molar-refractivity contribution in [1.29, 1.82) is 0 Å². The molecular weight excluding hydrogens is 202 g/mol. The van der Waals surface area contributed by atoms with Crippen molar-refractivity contribution >= 4 is 5.69 Å².